The van der Waals surface area contributed by atoms with Crippen molar-refractivity contribution in [2.45, 2.75) is 19.4 Å². The first-order valence-corrected chi connectivity index (χ1v) is 7.55. The summed E-state index contributed by atoms with van der Waals surface area (Å²) in [6.07, 6.45) is 0.0472. The summed E-state index contributed by atoms with van der Waals surface area (Å²) in [5, 5.41) is 14.1. The van der Waals surface area contributed by atoms with Crippen molar-refractivity contribution in [3.63, 3.8) is 0 Å². The second-order valence-electron chi connectivity index (χ2n) is 4.51. The summed E-state index contributed by atoms with van der Waals surface area (Å²) < 4.78 is 22.7. The van der Waals surface area contributed by atoms with Crippen LogP contribution in [0.25, 0.3) is 0 Å². The molecule has 1 rings (SSSR count). The summed E-state index contributed by atoms with van der Waals surface area (Å²) in [5.74, 6) is -1.92. The summed E-state index contributed by atoms with van der Waals surface area (Å²) in [7, 11) is -3.06. The van der Waals surface area contributed by atoms with Crippen molar-refractivity contribution in [1.82, 2.24) is 10.6 Å². The van der Waals surface area contributed by atoms with Gasteiger partial charge in [-0.3, -0.25) is 9.59 Å². The van der Waals surface area contributed by atoms with Crippen LogP contribution in [0.1, 0.15) is 13.3 Å². The molecule has 0 aromatic heterocycles. The number of rotatable bonds is 5. The lowest BCUT2D eigenvalue weighted by atomic mass is 10.1. The van der Waals surface area contributed by atoms with Crippen molar-refractivity contribution in [2.24, 2.45) is 5.92 Å². The molecule has 1 amide bonds. The van der Waals surface area contributed by atoms with Gasteiger partial charge in [0.05, 0.1) is 17.4 Å². The Morgan fingerprint density at radius 2 is 2.17 bits per heavy atom. The quantitative estimate of drug-likeness (QED) is 0.570. The Balaban J connectivity index is 2.34. The van der Waals surface area contributed by atoms with Crippen LogP contribution in [-0.2, 0) is 19.4 Å². The lowest BCUT2D eigenvalue weighted by Gasteiger charge is -2.23. The molecule has 1 heterocycles. The van der Waals surface area contributed by atoms with E-state index in [0.717, 1.165) is 0 Å². The van der Waals surface area contributed by atoms with Gasteiger partial charge in [0.1, 0.15) is 0 Å². The molecule has 2 atom stereocenters. The maximum Gasteiger partial charge on any atom is 0.308 e. The minimum Gasteiger partial charge on any atom is -0.481 e. The van der Waals surface area contributed by atoms with Crippen LogP contribution in [0, 0.1) is 5.92 Å². The van der Waals surface area contributed by atoms with E-state index in [1.165, 1.54) is 6.92 Å². The van der Waals surface area contributed by atoms with E-state index >= 15 is 0 Å². The number of amides is 1. The standard InChI is InChI=1S/C10H18N2O5S/c1-7(10(14)15)5-12-9(13)4-8-6-18(16,17)3-2-11-8/h7-8,11H,2-6H2,1H3,(H,12,13)(H,14,15). The topological polar surface area (TPSA) is 113 Å². The second-order valence-corrected chi connectivity index (χ2v) is 6.74. The molecule has 1 aliphatic heterocycles. The van der Waals surface area contributed by atoms with Gasteiger partial charge in [0, 0.05) is 25.6 Å². The van der Waals surface area contributed by atoms with Gasteiger partial charge in [-0.25, -0.2) is 8.42 Å². The summed E-state index contributed by atoms with van der Waals surface area (Å²) in [5.41, 5.74) is 0. The first-order valence-electron chi connectivity index (χ1n) is 5.73. The van der Waals surface area contributed by atoms with Gasteiger partial charge in [0.15, 0.2) is 9.84 Å². The third-order valence-electron chi connectivity index (χ3n) is 2.76. The van der Waals surface area contributed by atoms with Crippen molar-refractivity contribution in [3.05, 3.63) is 0 Å². The molecule has 0 radical (unpaired) electrons. The van der Waals surface area contributed by atoms with Crippen molar-refractivity contribution in [2.75, 3.05) is 24.6 Å². The lowest BCUT2D eigenvalue weighted by molar-refractivity contribution is -0.141. The highest BCUT2D eigenvalue weighted by Gasteiger charge is 2.26. The van der Waals surface area contributed by atoms with Crippen LogP contribution in [0.15, 0.2) is 0 Å². The average Bonchev–Trinajstić information content (AvgIpc) is 2.24. The molecular formula is C10H18N2O5S. The van der Waals surface area contributed by atoms with Crippen LogP contribution >= 0.6 is 0 Å². The molecule has 8 heteroatoms. The zero-order chi connectivity index (χ0) is 13.8. The van der Waals surface area contributed by atoms with Crippen molar-refractivity contribution < 1.29 is 23.1 Å². The predicted octanol–water partition coefficient (Wildman–Crippen LogP) is -1.40. The monoisotopic (exact) mass is 278 g/mol. The van der Waals surface area contributed by atoms with E-state index in [0.29, 0.717) is 6.54 Å². The van der Waals surface area contributed by atoms with E-state index in [2.05, 4.69) is 10.6 Å². The zero-order valence-electron chi connectivity index (χ0n) is 10.2. The maximum absolute atomic E-state index is 11.5. The highest BCUT2D eigenvalue weighted by molar-refractivity contribution is 7.91. The van der Waals surface area contributed by atoms with Crippen LogP contribution in [0.5, 0.6) is 0 Å². The van der Waals surface area contributed by atoms with E-state index in [9.17, 15) is 18.0 Å². The molecule has 18 heavy (non-hydrogen) atoms. The molecule has 7 nitrogen and oxygen atoms in total. The molecular weight excluding hydrogens is 260 g/mol. The Bertz CT molecular complexity index is 420. The van der Waals surface area contributed by atoms with E-state index in [1.807, 2.05) is 0 Å². The SMILES string of the molecule is CC(CNC(=O)CC1CS(=O)(=O)CCN1)C(=O)O. The van der Waals surface area contributed by atoms with Gasteiger partial charge in [-0.05, 0) is 0 Å². The van der Waals surface area contributed by atoms with Gasteiger partial charge >= 0.3 is 5.97 Å². The van der Waals surface area contributed by atoms with Gasteiger partial charge in [-0.15, -0.1) is 0 Å². The lowest BCUT2D eigenvalue weighted by Crippen LogP contribution is -2.47. The van der Waals surface area contributed by atoms with E-state index in [4.69, 9.17) is 5.11 Å². The maximum atomic E-state index is 11.5. The Morgan fingerprint density at radius 3 is 2.72 bits per heavy atom. The number of carboxylic acid groups (broad SMARTS) is 1. The van der Waals surface area contributed by atoms with Crippen LogP contribution in [-0.4, -0.2) is 56.0 Å². The number of aliphatic carboxylic acids is 1. The predicted molar refractivity (Wildman–Crippen MR) is 64.9 cm³/mol. The Kier molecular flexibility index (Phi) is 5.09. The molecule has 1 saturated heterocycles. The first kappa shape index (κ1) is 14.9. The molecule has 1 fully saturated rings. The van der Waals surface area contributed by atoms with Crippen LogP contribution in [0.2, 0.25) is 0 Å². The molecule has 0 saturated carbocycles. The van der Waals surface area contributed by atoms with E-state index in [-0.39, 0.29) is 36.4 Å². The molecule has 1 aliphatic rings. The minimum absolute atomic E-state index is 0.0467. The fourth-order valence-corrected chi connectivity index (χ4v) is 3.09. The van der Waals surface area contributed by atoms with Gasteiger partial charge < -0.3 is 15.7 Å². The molecule has 0 aliphatic carbocycles. The molecule has 0 spiro atoms. The summed E-state index contributed by atoms with van der Waals surface area (Å²) >= 11 is 0. The summed E-state index contributed by atoms with van der Waals surface area (Å²) in [6, 6.07) is -0.385. The number of carbonyl (C=O) groups excluding carboxylic acids is 1. The Morgan fingerprint density at radius 1 is 1.50 bits per heavy atom. The number of nitrogens with one attached hydrogen (secondary N) is 2. The van der Waals surface area contributed by atoms with Gasteiger partial charge in [0.2, 0.25) is 5.91 Å². The van der Waals surface area contributed by atoms with Crippen molar-refractivity contribution in [1.29, 1.82) is 0 Å². The number of carbonyl (C=O) groups is 2. The average molecular weight is 278 g/mol. The van der Waals surface area contributed by atoms with Crippen LogP contribution in [0.4, 0.5) is 0 Å². The van der Waals surface area contributed by atoms with E-state index < -0.39 is 21.7 Å². The van der Waals surface area contributed by atoms with Crippen LogP contribution < -0.4 is 10.6 Å². The number of sulfone groups is 1. The number of carboxylic acids is 1. The molecule has 2 unspecified atom stereocenters. The fourth-order valence-electron chi connectivity index (χ4n) is 1.65. The second kappa shape index (κ2) is 6.14. The molecule has 3 N–H and O–H groups in total. The first-order chi connectivity index (χ1) is 8.30. The molecule has 0 aromatic carbocycles. The van der Waals surface area contributed by atoms with Gasteiger partial charge in [-0.2, -0.15) is 0 Å². The third-order valence-corrected chi connectivity index (χ3v) is 4.50. The summed E-state index contributed by atoms with van der Waals surface area (Å²) in [4.78, 5) is 22.1. The number of hydrogen-bond donors (Lipinski definition) is 3. The van der Waals surface area contributed by atoms with Crippen molar-refractivity contribution in [3.8, 4) is 0 Å². The molecule has 0 aromatic rings. The van der Waals surface area contributed by atoms with Crippen molar-refractivity contribution >= 4 is 21.7 Å². The normalized spacial score (nSPS) is 24.2. The Hall–Kier alpha value is -1.15. The fraction of sp³-hybridized carbons (Fsp3) is 0.800. The third kappa shape index (κ3) is 5.01. The molecule has 104 valence electrons. The highest BCUT2D eigenvalue weighted by Crippen LogP contribution is 2.05. The zero-order valence-corrected chi connectivity index (χ0v) is 11.0. The highest BCUT2D eigenvalue weighted by atomic mass is 32.2. The Labute approximate surface area is 106 Å². The molecule has 0 bridgehead atoms. The van der Waals surface area contributed by atoms with E-state index in [1.54, 1.807) is 0 Å². The van der Waals surface area contributed by atoms with Gasteiger partial charge in [0.25, 0.3) is 0 Å². The largest absolute Gasteiger partial charge is 0.481 e. The minimum atomic E-state index is -3.06. The smallest absolute Gasteiger partial charge is 0.308 e. The van der Waals surface area contributed by atoms with Crippen LogP contribution in [0.3, 0.4) is 0 Å². The summed E-state index contributed by atoms with van der Waals surface area (Å²) in [6.45, 7) is 1.89. The van der Waals surface area contributed by atoms with Gasteiger partial charge in [-0.1, -0.05) is 6.92 Å². The number of hydrogen-bond acceptors (Lipinski definition) is 5.